The molecule has 0 atom stereocenters. The number of amides is 1. The van der Waals surface area contributed by atoms with Crippen molar-refractivity contribution >= 4 is 51.8 Å². The number of nitrogens with one attached hydrogen (secondary N) is 3. The summed E-state index contributed by atoms with van der Waals surface area (Å²) < 4.78 is 6.22. The van der Waals surface area contributed by atoms with Crippen LogP contribution in [-0.2, 0) is 6.54 Å². The van der Waals surface area contributed by atoms with Gasteiger partial charge < -0.3 is 20.5 Å². The molecular weight excluding hydrogens is 525 g/mol. The van der Waals surface area contributed by atoms with Crippen molar-refractivity contribution in [2.45, 2.75) is 26.3 Å². The summed E-state index contributed by atoms with van der Waals surface area (Å²) in [6.45, 7) is 5.66. The van der Waals surface area contributed by atoms with Crippen molar-refractivity contribution in [2.24, 2.45) is 4.99 Å². The zero-order chi connectivity index (χ0) is 18.9. The number of benzene rings is 1. The summed E-state index contributed by atoms with van der Waals surface area (Å²) in [5.41, 5.74) is 1.56. The Kier molecular flexibility index (Phi) is 10.4. The number of carbonyl (C=O) groups excluding carboxylic acids is 1. The Morgan fingerprint density at radius 1 is 1.19 bits per heavy atom. The Balaban J connectivity index is 0.00000364. The number of hydrogen-bond donors (Lipinski definition) is 3. The number of carbonyl (C=O) groups is 1. The molecule has 0 aliphatic heterocycles. The molecule has 9 heteroatoms. The second-order valence-corrected chi connectivity index (χ2v) is 6.90. The van der Waals surface area contributed by atoms with E-state index in [-0.39, 0.29) is 29.9 Å². The minimum Gasteiger partial charge on any atom is -0.359 e. The van der Waals surface area contributed by atoms with Gasteiger partial charge in [-0.25, -0.2) is 0 Å². The molecule has 7 nitrogen and oxygen atoms in total. The second-order valence-electron chi connectivity index (χ2n) is 5.99. The van der Waals surface area contributed by atoms with E-state index in [2.05, 4.69) is 55.9 Å². The van der Waals surface area contributed by atoms with Crippen LogP contribution >= 0.6 is 39.9 Å². The number of rotatable bonds is 7. The number of guanidine groups is 1. The van der Waals surface area contributed by atoms with Crippen LogP contribution in [-0.4, -0.2) is 37.2 Å². The smallest absolute Gasteiger partial charge is 0.251 e. The molecule has 148 valence electrons. The Hall–Kier alpha value is -1.62. The maximum absolute atomic E-state index is 12.0. The van der Waals surface area contributed by atoms with E-state index in [0.29, 0.717) is 37.1 Å². The number of aromatic nitrogens is 1. The van der Waals surface area contributed by atoms with E-state index >= 15 is 0 Å². The second kappa shape index (κ2) is 12.0. The molecule has 1 amide bonds. The van der Waals surface area contributed by atoms with Gasteiger partial charge in [-0.2, -0.15) is 0 Å². The fourth-order valence-electron chi connectivity index (χ4n) is 2.14. The maximum atomic E-state index is 12.0. The zero-order valence-corrected chi connectivity index (χ0v) is 19.5. The molecule has 0 aliphatic rings. The molecular formula is C18H25BrIN5O2. The molecule has 0 aliphatic carbocycles. The van der Waals surface area contributed by atoms with E-state index in [0.717, 1.165) is 15.9 Å². The predicted octanol–water partition coefficient (Wildman–Crippen LogP) is 3.27. The van der Waals surface area contributed by atoms with Gasteiger partial charge in [0.05, 0.1) is 12.2 Å². The summed E-state index contributed by atoms with van der Waals surface area (Å²) in [7, 11) is 1.69. The van der Waals surface area contributed by atoms with E-state index in [1.807, 2.05) is 18.2 Å². The van der Waals surface area contributed by atoms with Crippen LogP contribution in [0.5, 0.6) is 0 Å². The summed E-state index contributed by atoms with van der Waals surface area (Å²) in [5.74, 6) is 1.61. The van der Waals surface area contributed by atoms with Crippen LogP contribution in [0.15, 0.2) is 44.3 Å². The first-order valence-electron chi connectivity index (χ1n) is 8.43. The molecule has 0 fully saturated rings. The Labute approximate surface area is 184 Å². The zero-order valence-electron chi connectivity index (χ0n) is 15.6. The lowest BCUT2D eigenvalue weighted by molar-refractivity contribution is 0.0954. The first kappa shape index (κ1) is 23.4. The third-order valence-electron chi connectivity index (χ3n) is 3.63. The number of hydrogen-bond acceptors (Lipinski definition) is 4. The van der Waals surface area contributed by atoms with Gasteiger partial charge in [0.1, 0.15) is 0 Å². The highest BCUT2D eigenvalue weighted by atomic mass is 127. The van der Waals surface area contributed by atoms with Crippen molar-refractivity contribution in [1.82, 2.24) is 21.1 Å². The van der Waals surface area contributed by atoms with Crippen molar-refractivity contribution in [3.8, 4) is 0 Å². The molecule has 2 aromatic rings. The quantitative estimate of drug-likeness (QED) is 0.213. The SMILES string of the molecule is CN=C(NCCNC(=O)c1ccc(Br)cc1)NCc1cc(C(C)C)no1.I. The highest BCUT2D eigenvalue weighted by molar-refractivity contribution is 14.0. The predicted molar refractivity (Wildman–Crippen MR) is 121 cm³/mol. The molecule has 1 aromatic carbocycles. The average Bonchev–Trinajstić information content (AvgIpc) is 3.11. The van der Waals surface area contributed by atoms with Gasteiger partial charge in [-0.05, 0) is 30.2 Å². The van der Waals surface area contributed by atoms with Crippen LogP contribution in [0.25, 0.3) is 0 Å². The highest BCUT2D eigenvalue weighted by Crippen LogP contribution is 2.13. The van der Waals surface area contributed by atoms with Gasteiger partial charge in [0.2, 0.25) is 0 Å². The topological polar surface area (TPSA) is 91.5 Å². The van der Waals surface area contributed by atoms with Crippen molar-refractivity contribution in [3.05, 3.63) is 51.8 Å². The lowest BCUT2D eigenvalue weighted by Gasteiger charge is -2.11. The van der Waals surface area contributed by atoms with Gasteiger partial charge in [-0.3, -0.25) is 9.79 Å². The summed E-state index contributed by atoms with van der Waals surface area (Å²) in [5, 5.41) is 13.2. The normalized spacial score (nSPS) is 11.1. The van der Waals surface area contributed by atoms with E-state index < -0.39 is 0 Å². The monoisotopic (exact) mass is 549 g/mol. The molecule has 0 saturated heterocycles. The summed E-state index contributed by atoms with van der Waals surface area (Å²) in [6, 6.07) is 9.16. The van der Waals surface area contributed by atoms with Gasteiger partial charge in [0.15, 0.2) is 11.7 Å². The molecule has 0 spiro atoms. The third kappa shape index (κ3) is 7.87. The van der Waals surface area contributed by atoms with E-state index in [1.54, 1.807) is 19.2 Å². The summed E-state index contributed by atoms with van der Waals surface area (Å²) in [6.07, 6.45) is 0. The van der Waals surface area contributed by atoms with Crippen LogP contribution in [0, 0.1) is 0 Å². The third-order valence-corrected chi connectivity index (χ3v) is 4.16. The highest BCUT2D eigenvalue weighted by Gasteiger charge is 2.08. The lowest BCUT2D eigenvalue weighted by atomic mass is 10.1. The standard InChI is InChI=1S/C18H24BrN5O2.HI/c1-12(2)16-10-15(26-24-16)11-23-18(20-3)22-9-8-21-17(25)13-4-6-14(19)7-5-13;/h4-7,10,12H,8-9,11H2,1-3H3,(H,21,25)(H2,20,22,23);1H. The van der Waals surface area contributed by atoms with Gasteiger partial charge in [0.25, 0.3) is 5.91 Å². The van der Waals surface area contributed by atoms with Gasteiger partial charge in [-0.15, -0.1) is 24.0 Å². The van der Waals surface area contributed by atoms with E-state index in [4.69, 9.17) is 4.52 Å². The van der Waals surface area contributed by atoms with Crippen LogP contribution in [0.3, 0.4) is 0 Å². The first-order chi connectivity index (χ1) is 12.5. The molecule has 0 unspecified atom stereocenters. The molecule has 27 heavy (non-hydrogen) atoms. The molecule has 2 rings (SSSR count). The molecule has 1 heterocycles. The largest absolute Gasteiger partial charge is 0.359 e. The Morgan fingerprint density at radius 2 is 1.85 bits per heavy atom. The van der Waals surface area contributed by atoms with E-state index in [1.165, 1.54) is 0 Å². The summed E-state index contributed by atoms with van der Waals surface area (Å²) in [4.78, 5) is 16.2. The molecule has 1 aromatic heterocycles. The summed E-state index contributed by atoms with van der Waals surface area (Å²) >= 11 is 3.35. The van der Waals surface area contributed by atoms with Crippen LogP contribution in [0.4, 0.5) is 0 Å². The minimum absolute atomic E-state index is 0. The van der Waals surface area contributed by atoms with Crippen LogP contribution in [0.2, 0.25) is 0 Å². The number of aliphatic imine (C=N–C) groups is 1. The maximum Gasteiger partial charge on any atom is 0.251 e. The fraction of sp³-hybridized carbons (Fsp3) is 0.389. The van der Waals surface area contributed by atoms with Gasteiger partial charge in [-0.1, -0.05) is 34.9 Å². The van der Waals surface area contributed by atoms with Crippen LogP contribution in [0.1, 0.15) is 41.6 Å². The lowest BCUT2D eigenvalue weighted by Crippen LogP contribution is -2.41. The van der Waals surface area contributed by atoms with Crippen molar-refractivity contribution in [2.75, 3.05) is 20.1 Å². The molecule has 0 radical (unpaired) electrons. The van der Waals surface area contributed by atoms with E-state index in [9.17, 15) is 4.79 Å². The molecule has 0 bridgehead atoms. The molecule has 0 saturated carbocycles. The Bertz CT molecular complexity index is 746. The van der Waals surface area contributed by atoms with Gasteiger partial charge in [0, 0.05) is 36.2 Å². The minimum atomic E-state index is -0.106. The van der Waals surface area contributed by atoms with Crippen molar-refractivity contribution in [3.63, 3.8) is 0 Å². The van der Waals surface area contributed by atoms with Crippen LogP contribution < -0.4 is 16.0 Å². The van der Waals surface area contributed by atoms with Crippen molar-refractivity contribution < 1.29 is 9.32 Å². The van der Waals surface area contributed by atoms with Crippen molar-refractivity contribution in [1.29, 1.82) is 0 Å². The number of halogens is 2. The number of nitrogens with zero attached hydrogens (tertiary/aromatic N) is 2. The average molecular weight is 550 g/mol. The fourth-order valence-corrected chi connectivity index (χ4v) is 2.40. The molecule has 3 N–H and O–H groups in total. The Morgan fingerprint density at radius 3 is 2.44 bits per heavy atom. The first-order valence-corrected chi connectivity index (χ1v) is 9.22. The van der Waals surface area contributed by atoms with Gasteiger partial charge >= 0.3 is 0 Å².